The predicted octanol–water partition coefficient (Wildman–Crippen LogP) is 4.04. The van der Waals surface area contributed by atoms with Crippen molar-refractivity contribution in [2.75, 3.05) is 5.32 Å². The third-order valence-corrected chi connectivity index (χ3v) is 4.43. The number of aromatic nitrogens is 2. The van der Waals surface area contributed by atoms with Crippen molar-refractivity contribution in [3.63, 3.8) is 0 Å². The largest absolute Gasteiger partial charge is 0.379 e. The van der Waals surface area contributed by atoms with Crippen LogP contribution >= 0.6 is 0 Å². The quantitative estimate of drug-likeness (QED) is 0.830. The highest BCUT2D eigenvalue weighted by atomic mass is 15.2. The van der Waals surface area contributed by atoms with Crippen LogP contribution in [0.4, 0.5) is 5.69 Å². The molecule has 0 aromatic carbocycles. The molecule has 1 aromatic heterocycles. The minimum atomic E-state index is 0.465. The molecule has 0 spiro atoms. The van der Waals surface area contributed by atoms with E-state index in [4.69, 9.17) is 0 Å². The van der Waals surface area contributed by atoms with Gasteiger partial charge in [0.25, 0.3) is 0 Å². The van der Waals surface area contributed by atoms with E-state index >= 15 is 0 Å². The monoisotopic (exact) mass is 249 g/mol. The van der Waals surface area contributed by atoms with Crippen LogP contribution in [0.2, 0.25) is 0 Å². The van der Waals surface area contributed by atoms with Gasteiger partial charge in [0.05, 0.1) is 17.1 Å². The second-order valence-electron chi connectivity index (χ2n) is 6.87. The highest BCUT2D eigenvalue weighted by molar-refractivity contribution is 5.52. The summed E-state index contributed by atoms with van der Waals surface area (Å²) in [4.78, 5) is 0. The number of rotatable bonds is 2. The molecule has 1 aliphatic carbocycles. The molecule has 3 heteroatoms. The first kappa shape index (κ1) is 13.4. The van der Waals surface area contributed by atoms with Gasteiger partial charge in [0.1, 0.15) is 0 Å². The minimum Gasteiger partial charge on any atom is -0.379 e. The second-order valence-corrected chi connectivity index (χ2v) is 6.87. The first-order valence-electron chi connectivity index (χ1n) is 7.16. The zero-order chi connectivity index (χ0) is 13.3. The van der Waals surface area contributed by atoms with Crippen LogP contribution in [0.3, 0.4) is 0 Å². The lowest BCUT2D eigenvalue weighted by atomic mass is 9.71. The lowest BCUT2D eigenvalue weighted by Crippen LogP contribution is -2.31. The van der Waals surface area contributed by atoms with Crippen LogP contribution in [-0.2, 0) is 0 Å². The van der Waals surface area contributed by atoms with Crippen LogP contribution < -0.4 is 5.32 Å². The Balaban J connectivity index is 1.91. The molecule has 18 heavy (non-hydrogen) atoms. The van der Waals surface area contributed by atoms with Gasteiger partial charge < -0.3 is 5.32 Å². The molecule has 0 radical (unpaired) electrons. The van der Waals surface area contributed by atoms with E-state index in [1.165, 1.54) is 31.4 Å². The molecule has 1 aliphatic rings. The molecule has 102 valence electrons. The number of nitrogens with zero attached hydrogens (tertiary/aromatic N) is 1. The summed E-state index contributed by atoms with van der Waals surface area (Å²) < 4.78 is 0. The van der Waals surface area contributed by atoms with Crippen molar-refractivity contribution >= 4 is 5.69 Å². The summed E-state index contributed by atoms with van der Waals surface area (Å²) in [6, 6.07) is 0.624. The fourth-order valence-corrected chi connectivity index (χ4v) is 3.07. The Morgan fingerprint density at radius 2 is 1.72 bits per heavy atom. The van der Waals surface area contributed by atoms with E-state index in [0.717, 1.165) is 17.3 Å². The molecule has 2 rings (SSSR count). The fourth-order valence-electron chi connectivity index (χ4n) is 3.07. The molecule has 0 unspecified atom stereocenters. The van der Waals surface area contributed by atoms with Gasteiger partial charge in [-0.15, -0.1) is 0 Å². The van der Waals surface area contributed by atoms with E-state index in [2.05, 4.69) is 50.1 Å². The van der Waals surface area contributed by atoms with Crippen LogP contribution in [0, 0.1) is 25.2 Å². The molecular formula is C15H27N3. The minimum absolute atomic E-state index is 0.465. The second kappa shape index (κ2) is 4.94. The summed E-state index contributed by atoms with van der Waals surface area (Å²) in [5.74, 6) is 0.877. The summed E-state index contributed by atoms with van der Waals surface area (Å²) >= 11 is 0. The zero-order valence-electron chi connectivity index (χ0n) is 12.4. The van der Waals surface area contributed by atoms with E-state index in [1.54, 1.807) is 0 Å². The Bertz CT molecular complexity index is 373. The maximum absolute atomic E-state index is 4.25. The molecule has 1 aromatic rings. The number of nitrogens with one attached hydrogen (secondary N) is 2. The van der Waals surface area contributed by atoms with Crippen molar-refractivity contribution in [2.24, 2.45) is 11.3 Å². The number of aromatic amines is 1. The van der Waals surface area contributed by atoms with Crippen LogP contribution in [-0.4, -0.2) is 16.2 Å². The Labute approximate surface area is 111 Å². The van der Waals surface area contributed by atoms with Gasteiger partial charge in [-0.3, -0.25) is 5.10 Å². The number of hydrogen-bond acceptors (Lipinski definition) is 2. The van der Waals surface area contributed by atoms with Crippen molar-refractivity contribution in [1.82, 2.24) is 10.2 Å². The topological polar surface area (TPSA) is 40.7 Å². The number of hydrogen-bond donors (Lipinski definition) is 2. The normalized spacial score (nSPS) is 25.2. The Kier molecular flexibility index (Phi) is 3.69. The third kappa shape index (κ3) is 2.88. The standard InChI is InChI=1S/C15H27N3/c1-10-14(11(2)18-17-10)16-13-8-6-12(7-9-13)15(3,4)5/h12-13,16H,6-9H2,1-5H3,(H,17,18). The summed E-state index contributed by atoms with van der Waals surface area (Å²) in [5, 5.41) is 11.0. The summed E-state index contributed by atoms with van der Waals surface area (Å²) in [6.07, 6.45) is 5.26. The average Bonchev–Trinajstić information content (AvgIpc) is 2.60. The van der Waals surface area contributed by atoms with Crippen molar-refractivity contribution < 1.29 is 0 Å². The first-order chi connectivity index (χ1) is 8.38. The number of aryl methyl sites for hydroxylation is 2. The maximum Gasteiger partial charge on any atom is 0.0825 e. The average molecular weight is 249 g/mol. The molecule has 0 amide bonds. The van der Waals surface area contributed by atoms with E-state index in [-0.39, 0.29) is 0 Å². The zero-order valence-corrected chi connectivity index (χ0v) is 12.4. The van der Waals surface area contributed by atoms with Crippen molar-refractivity contribution in [1.29, 1.82) is 0 Å². The van der Waals surface area contributed by atoms with Crippen LogP contribution in [0.25, 0.3) is 0 Å². The SMILES string of the molecule is Cc1n[nH]c(C)c1NC1CCC(C(C)(C)C)CC1. The van der Waals surface area contributed by atoms with Crippen LogP contribution in [0.5, 0.6) is 0 Å². The molecule has 1 saturated carbocycles. The number of H-pyrrole nitrogens is 1. The van der Waals surface area contributed by atoms with Crippen molar-refractivity contribution in [2.45, 2.75) is 66.3 Å². The van der Waals surface area contributed by atoms with E-state index < -0.39 is 0 Å². The molecule has 0 bridgehead atoms. The van der Waals surface area contributed by atoms with Crippen LogP contribution in [0.1, 0.15) is 57.8 Å². The Morgan fingerprint density at radius 3 is 2.17 bits per heavy atom. The van der Waals surface area contributed by atoms with Gasteiger partial charge in [0, 0.05) is 6.04 Å². The van der Waals surface area contributed by atoms with Gasteiger partial charge in [-0.1, -0.05) is 20.8 Å². The molecule has 1 fully saturated rings. The smallest absolute Gasteiger partial charge is 0.0825 e. The number of anilines is 1. The molecule has 0 aliphatic heterocycles. The molecular weight excluding hydrogens is 222 g/mol. The van der Waals surface area contributed by atoms with Gasteiger partial charge in [-0.25, -0.2) is 0 Å². The van der Waals surface area contributed by atoms with Gasteiger partial charge in [-0.2, -0.15) is 5.10 Å². The van der Waals surface area contributed by atoms with E-state index in [0.29, 0.717) is 11.5 Å². The molecule has 1 heterocycles. The summed E-state index contributed by atoms with van der Waals surface area (Å²) in [5.41, 5.74) is 3.93. The van der Waals surface area contributed by atoms with Gasteiger partial charge in [0.15, 0.2) is 0 Å². The molecule has 2 N–H and O–H groups in total. The lowest BCUT2D eigenvalue weighted by Gasteiger charge is -2.37. The highest BCUT2D eigenvalue weighted by Crippen LogP contribution is 2.38. The highest BCUT2D eigenvalue weighted by Gasteiger charge is 2.29. The molecule has 0 atom stereocenters. The van der Waals surface area contributed by atoms with E-state index in [9.17, 15) is 0 Å². The van der Waals surface area contributed by atoms with Crippen molar-refractivity contribution in [3.05, 3.63) is 11.4 Å². The van der Waals surface area contributed by atoms with Crippen molar-refractivity contribution in [3.8, 4) is 0 Å². The summed E-state index contributed by atoms with van der Waals surface area (Å²) in [7, 11) is 0. The third-order valence-electron chi connectivity index (χ3n) is 4.43. The van der Waals surface area contributed by atoms with Gasteiger partial charge in [-0.05, 0) is 50.9 Å². The molecule has 3 nitrogen and oxygen atoms in total. The first-order valence-corrected chi connectivity index (χ1v) is 7.16. The fraction of sp³-hybridized carbons (Fsp3) is 0.800. The molecule has 0 saturated heterocycles. The predicted molar refractivity (Wildman–Crippen MR) is 76.9 cm³/mol. The maximum atomic E-state index is 4.25. The van der Waals surface area contributed by atoms with E-state index in [1.807, 2.05) is 0 Å². The Morgan fingerprint density at radius 1 is 1.11 bits per heavy atom. The summed E-state index contributed by atoms with van der Waals surface area (Å²) in [6.45, 7) is 11.3. The van der Waals surface area contributed by atoms with Crippen LogP contribution in [0.15, 0.2) is 0 Å². The Hall–Kier alpha value is -0.990. The van der Waals surface area contributed by atoms with Gasteiger partial charge in [0.2, 0.25) is 0 Å². The lowest BCUT2D eigenvalue weighted by molar-refractivity contribution is 0.173. The van der Waals surface area contributed by atoms with Gasteiger partial charge >= 0.3 is 0 Å².